The Morgan fingerprint density at radius 3 is 2.47 bits per heavy atom. The van der Waals surface area contributed by atoms with E-state index in [9.17, 15) is 9.18 Å². The van der Waals surface area contributed by atoms with E-state index in [1.165, 1.54) is 23.5 Å². The van der Waals surface area contributed by atoms with Crippen LogP contribution in [0.2, 0.25) is 0 Å². The molecule has 0 saturated carbocycles. The molecule has 0 spiro atoms. The molecule has 1 heterocycles. The maximum atomic E-state index is 13.2. The SMILES string of the molecule is Cc1sc(Br)cc1C(=O)c1cc(F)cc(Br)c1. The summed E-state index contributed by atoms with van der Waals surface area (Å²) in [5, 5.41) is 0. The fourth-order valence-corrected chi connectivity index (χ4v) is 3.67. The standard InChI is InChI=1S/C12H7Br2FOS/c1-6-10(5-11(14)17-6)12(16)7-2-8(13)4-9(15)3-7/h2-5H,1H3. The first kappa shape index (κ1) is 12.9. The minimum absolute atomic E-state index is 0.162. The van der Waals surface area contributed by atoms with E-state index in [4.69, 9.17) is 0 Å². The van der Waals surface area contributed by atoms with Crippen molar-refractivity contribution in [3.63, 3.8) is 0 Å². The molecule has 0 aliphatic heterocycles. The second kappa shape index (κ2) is 5.00. The smallest absolute Gasteiger partial charge is 0.194 e. The molecule has 0 aliphatic carbocycles. The highest BCUT2D eigenvalue weighted by Gasteiger charge is 2.15. The van der Waals surface area contributed by atoms with Gasteiger partial charge in [0.2, 0.25) is 0 Å². The molecule has 1 nitrogen and oxygen atoms in total. The quantitative estimate of drug-likeness (QED) is 0.676. The van der Waals surface area contributed by atoms with E-state index in [2.05, 4.69) is 31.9 Å². The topological polar surface area (TPSA) is 17.1 Å². The van der Waals surface area contributed by atoms with Crippen LogP contribution in [0.5, 0.6) is 0 Å². The normalized spacial score (nSPS) is 10.6. The van der Waals surface area contributed by atoms with Crippen molar-refractivity contribution in [1.82, 2.24) is 0 Å². The van der Waals surface area contributed by atoms with Crippen molar-refractivity contribution in [2.45, 2.75) is 6.92 Å². The van der Waals surface area contributed by atoms with Gasteiger partial charge in [-0.1, -0.05) is 15.9 Å². The zero-order valence-corrected chi connectivity index (χ0v) is 12.7. The van der Waals surface area contributed by atoms with Gasteiger partial charge in [-0.15, -0.1) is 11.3 Å². The first-order chi connectivity index (χ1) is 7.97. The molecule has 0 atom stereocenters. The molecule has 0 aliphatic rings. The average Bonchev–Trinajstić information content (AvgIpc) is 2.55. The third-order valence-electron chi connectivity index (χ3n) is 2.26. The second-order valence-electron chi connectivity index (χ2n) is 3.51. The fourth-order valence-electron chi connectivity index (χ4n) is 1.51. The van der Waals surface area contributed by atoms with Crippen LogP contribution >= 0.6 is 43.2 Å². The van der Waals surface area contributed by atoms with Crippen molar-refractivity contribution in [3.8, 4) is 0 Å². The van der Waals surface area contributed by atoms with Gasteiger partial charge in [-0.2, -0.15) is 0 Å². The van der Waals surface area contributed by atoms with Crippen LogP contribution in [0, 0.1) is 12.7 Å². The Balaban J connectivity index is 2.47. The van der Waals surface area contributed by atoms with Crippen molar-refractivity contribution in [2.24, 2.45) is 0 Å². The van der Waals surface area contributed by atoms with E-state index in [0.717, 1.165) is 8.66 Å². The van der Waals surface area contributed by atoms with E-state index in [1.54, 1.807) is 12.1 Å². The van der Waals surface area contributed by atoms with Crippen LogP contribution in [0.4, 0.5) is 4.39 Å². The molecular formula is C12H7Br2FOS. The van der Waals surface area contributed by atoms with Crippen LogP contribution in [-0.4, -0.2) is 5.78 Å². The number of carbonyl (C=O) groups excluding carboxylic acids is 1. The predicted octanol–water partition coefficient (Wildman–Crippen LogP) is 4.95. The Bertz CT molecular complexity index is 572. The van der Waals surface area contributed by atoms with Gasteiger partial charge >= 0.3 is 0 Å². The molecular weight excluding hydrogens is 371 g/mol. The molecule has 0 bridgehead atoms. The van der Waals surface area contributed by atoms with Gasteiger partial charge in [0.05, 0.1) is 3.79 Å². The lowest BCUT2D eigenvalue weighted by Crippen LogP contribution is -2.02. The highest BCUT2D eigenvalue weighted by atomic mass is 79.9. The minimum atomic E-state index is -0.422. The third-order valence-corrected chi connectivity index (χ3v) is 4.27. The van der Waals surface area contributed by atoms with Crippen LogP contribution < -0.4 is 0 Å². The Labute approximate surface area is 119 Å². The molecule has 0 N–H and O–H groups in total. The zero-order valence-electron chi connectivity index (χ0n) is 8.76. The van der Waals surface area contributed by atoms with Gasteiger partial charge in [-0.05, 0) is 47.1 Å². The number of hydrogen-bond donors (Lipinski definition) is 0. The summed E-state index contributed by atoms with van der Waals surface area (Å²) in [6.45, 7) is 1.87. The maximum Gasteiger partial charge on any atom is 0.194 e. The Morgan fingerprint density at radius 2 is 1.94 bits per heavy atom. The number of halogens is 3. The summed E-state index contributed by atoms with van der Waals surface area (Å²) in [6, 6.07) is 5.96. The summed E-state index contributed by atoms with van der Waals surface area (Å²) in [7, 11) is 0. The van der Waals surface area contributed by atoms with Gasteiger partial charge in [0.15, 0.2) is 5.78 Å². The first-order valence-corrected chi connectivity index (χ1v) is 7.14. The number of rotatable bonds is 2. The molecule has 17 heavy (non-hydrogen) atoms. The predicted molar refractivity (Wildman–Crippen MR) is 74.3 cm³/mol. The fraction of sp³-hybridized carbons (Fsp3) is 0.0833. The Morgan fingerprint density at radius 1 is 1.24 bits per heavy atom. The zero-order chi connectivity index (χ0) is 12.6. The Kier molecular flexibility index (Phi) is 3.80. The summed E-state index contributed by atoms with van der Waals surface area (Å²) in [6.07, 6.45) is 0. The number of aryl methyl sites for hydroxylation is 1. The summed E-state index contributed by atoms with van der Waals surface area (Å²) in [4.78, 5) is 13.1. The van der Waals surface area contributed by atoms with E-state index >= 15 is 0 Å². The van der Waals surface area contributed by atoms with Crippen LogP contribution in [0.3, 0.4) is 0 Å². The van der Waals surface area contributed by atoms with Crippen molar-refractivity contribution < 1.29 is 9.18 Å². The van der Waals surface area contributed by atoms with Gasteiger partial charge in [0.1, 0.15) is 5.82 Å². The molecule has 2 aromatic rings. The molecule has 5 heteroatoms. The molecule has 0 amide bonds. The highest BCUT2D eigenvalue weighted by Crippen LogP contribution is 2.28. The van der Waals surface area contributed by atoms with Crippen LogP contribution in [0.1, 0.15) is 20.8 Å². The van der Waals surface area contributed by atoms with Crippen LogP contribution in [0.25, 0.3) is 0 Å². The maximum absolute atomic E-state index is 13.2. The van der Waals surface area contributed by atoms with E-state index < -0.39 is 5.82 Å². The second-order valence-corrected chi connectivity index (χ2v) is 7.06. The number of hydrogen-bond acceptors (Lipinski definition) is 2. The van der Waals surface area contributed by atoms with Crippen molar-refractivity contribution in [2.75, 3.05) is 0 Å². The van der Waals surface area contributed by atoms with Gasteiger partial charge in [-0.25, -0.2) is 4.39 Å². The minimum Gasteiger partial charge on any atom is -0.289 e. The monoisotopic (exact) mass is 376 g/mol. The van der Waals surface area contributed by atoms with Crippen LogP contribution in [0.15, 0.2) is 32.5 Å². The lowest BCUT2D eigenvalue weighted by Gasteiger charge is -2.01. The number of ketones is 1. The van der Waals surface area contributed by atoms with Crippen molar-refractivity contribution >= 4 is 49.0 Å². The molecule has 1 aromatic carbocycles. The molecule has 0 unspecified atom stereocenters. The summed E-state index contributed by atoms with van der Waals surface area (Å²) in [5.41, 5.74) is 0.963. The molecule has 0 saturated heterocycles. The third kappa shape index (κ3) is 2.84. The van der Waals surface area contributed by atoms with Crippen LogP contribution in [-0.2, 0) is 0 Å². The number of benzene rings is 1. The van der Waals surface area contributed by atoms with Gasteiger partial charge < -0.3 is 0 Å². The van der Waals surface area contributed by atoms with Gasteiger partial charge in [0.25, 0.3) is 0 Å². The molecule has 1 aromatic heterocycles. The van der Waals surface area contributed by atoms with E-state index in [0.29, 0.717) is 15.6 Å². The molecule has 0 fully saturated rings. The summed E-state index contributed by atoms with van der Waals surface area (Å²) >= 11 is 8.01. The van der Waals surface area contributed by atoms with Crippen molar-refractivity contribution in [3.05, 3.63) is 54.3 Å². The number of carbonyl (C=O) groups is 1. The average molecular weight is 378 g/mol. The molecule has 2 rings (SSSR count). The van der Waals surface area contributed by atoms with E-state index in [1.807, 2.05) is 6.92 Å². The Hall–Kier alpha value is -0.520. The van der Waals surface area contributed by atoms with Gasteiger partial charge in [-0.3, -0.25) is 4.79 Å². The van der Waals surface area contributed by atoms with Crippen molar-refractivity contribution in [1.29, 1.82) is 0 Å². The van der Waals surface area contributed by atoms with E-state index in [-0.39, 0.29) is 5.78 Å². The first-order valence-electron chi connectivity index (χ1n) is 4.74. The summed E-state index contributed by atoms with van der Waals surface area (Å²) < 4.78 is 14.7. The molecule has 0 radical (unpaired) electrons. The molecule has 88 valence electrons. The summed E-state index contributed by atoms with van der Waals surface area (Å²) in [5.74, 6) is -0.584. The lowest BCUT2D eigenvalue weighted by molar-refractivity contribution is 0.103. The lowest BCUT2D eigenvalue weighted by atomic mass is 10.0. The van der Waals surface area contributed by atoms with Gasteiger partial charge in [0, 0.05) is 20.5 Å². The highest BCUT2D eigenvalue weighted by molar-refractivity contribution is 9.11. The number of thiophene rings is 1. The largest absolute Gasteiger partial charge is 0.289 e.